The van der Waals surface area contributed by atoms with Gasteiger partial charge < -0.3 is 4.90 Å². The Morgan fingerprint density at radius 2 is 1.61 bits per heavy atom. The predicted molar refractivity (Wildman–Crippen MR) is 122 cm³/mol. The van der Waals surface area contributed by atoms with Crippen molar-refractivity contribution < 1.29 is 24.2 Å². The molecule has 3 heterocycles. The number of nitriles is 1. The largest absolute Gasteiger partial charge is 0.359 e. The van der Waals surface area contributed by atoms with Crippen LogP contribution >= 0.6 is 0 Å². The molecule has 0 spiro atoms. The number of nitro groups is 2. The van der Waals surface area contributed by atoms with Crippen molar-refractivity contribution in [1.82, 2.24) is 4.90 Å². The van der Waals surface area contributed by atoms with E-state index in [0.717, 1.165) is 11.0 Å². The number of nitrogens with zero attached hydrogens (tertiary/aromatic N) is 5. The van der Waals surface area contributed by atoms with Crippen LogP contribution in [-0.4, -0.2) is 44.4 Å². The number of anilines is 1. The molecule has 36 heavy (non-hydrogen) atoms. The third kappa shape index (κ3) is 3.33. The second-order valence-electron chi connectivity index (χ2n) is 8.44. The Morgan fingerprint density at radius 3 is 2.25 bits per heavy atom. The van der Waals surface area contributed by atoms with Gasteiger partial charge in [0.25, 0.3) is 11.4 Å². The van der Waals surface area contributed by atoms with Crippen LogP contribution in [0.3, 0.4) is 0 Å². The van der Waals surface area contributed by atoms with Crippen molar-refractivity contribution in [1.29, 1.82) is 5.26 Å². The van der Waals surface area contributed by atoms with Gasteiger partial charge in [0.1, 0.15) is 6.04 Å². The highest BCUT2D eigenvalue weighted by molar-refractivity contribution is 6.24. The Hall–Kier alpha value is -5.18. The average molecular weight is 485 g/mol. The lowest BCUT2D eigenvalue weighted by Crippen LogP contribution is -2.46. The molecule has 4 atom stereocenters. The molecule has 2 aromatic carbocycles. The monoisotopic (exact) mass is 485 g/mol. The van der Waals surface area contributed by atoms with Crippen molar-refractivity contribution in [2.75, 3.05) is 4.90 Å². The van der Waals surface area contributed by atoms with Gasteiger partial charge in [-0.05, 0) is 24.3 Å². The summed E-state index contributed by atoms with van der Waals surface area (Å²) < 4.78 is 0. The highest BCUT2D eigenvalue weighted by Gasteiger charge is 2.63. The van der Waals surface area contributed by atoms with Crippen LogP contribution in [-0.2, 0) is 9.59 Å². The molecule has 2 fully saturated rings. The van der Waals surface area contributed by atoms with Crippen LogP contribution < -0.4 is 4.90 Å². The maximum Gasteiger partial charge on any atom is 0.270 e. The summed E-state index contributed by atoms with van der Waals surface area (Å²) in [6.07, 6.45) is 4.47. The van der Waals surface area contributed by atoms with E-state index in [2.05, 4.69) is 0 Å². The van der Waals surface area contributed by atoms with Crippen LogP contribution in [0.15, 0.2) is 72.5 Å². The number of non-ortho nitro benzene ring substituents is 2. The number of hydrogen-bond acceptors (Lipinski definition) is 9. The lowest BCUT2D eigenvalue weighted by atomic mass is 9.86. The van der Waals surface area contributed by atoms with Crippen molar-refractivity contribution in [3.63, 3.8) is 0 Å². The second-order valence-corrected chi connectivity index (χ2v) is 8.44. The molecule has 0 unspecified atom stereocenters. The summed E-state index contributed by atoms with van der Waals surface area (Å²) in [5.41, 5.74) is -0.136. The number of Topliss-reactive ketones (excluding diaryl/α,β-unsaturated/α-hetero) is 1. The molecule has 0 N–H and O–H groups in total. The minimum absolute atomic E-state index is 0.00564. The summed E-state index contributed by atoms with van der Waals surface area (Å²) in [6, 6.07) is 10.1. The molecule has 0 aromatic heterocycles. The van der Waals surface area contributed by atoms with Crippen molar-refractivity contribution in [2.45, 2.75) is 12.1 Å². The molecule has 12 heteroatoms. The van der Waals surface area contributed by atoms with Gasteiger partial charge >= 0.3 is 0 Å². The SMILES string of the molecule is N#CC1=C[C@@H]2[C@@H]3C(=O)N(c4ccc([N+](=O)[O-])cc4)C(=O)[C@@H]3[C@H](C(=O)c3cccc([N+](=O)[O-])c3)N2C=C1. The van der Waals surface area contributed by atoms with Crippen LogP contribution in [0.25, 0.3) is 0 Å². The number of amides is 2. The van der Waals surface area contributed by atoms with Crippen molar-refractivity contribution >= 4 is 34.7 Å². The van der Waals surface area contributed by atoms with Gasteiger partial charge in [0.15, 0.2) is 5.78 Å². The average Bonchev–Trinajstić information content (AvgIpc) is 3.35. The zero-order valence-electron chi connectivity index (χ0n) is 18.3. The minimum atomic E-state index is -1.16. The number of hydrogen-bond donors (Lipinski definition) is 0. The minimum Gasteiger partial charge on any atom is -0.359 e. The van der Waals surface area contributed by atoms with Gasteiger partial charge in [0.05, 0.1) is 45.1 Å². The molecular weight excluding hydrogens is 470 g/mol. The van der Waals surface area contributed by atoms with E-state index in [9.17, 15) is 39.9 Å². The molecule has 0 radical (unpaired) electrons. The number of ketones is 1. The third-order valence-electron chi connectivity index (χ3n) is 6.61. The van der Waals surface area contributed by atoms with Gasteiger partial charge in [-0.3, -0.25) is 34.6 Å². The van der Waals surface area contributed by atoms with Gasteiger partial charge in [-0.1, -0.05) is 12.1 Å². The molecule has 5 rings (SSSR count). The van der Waals surface area contributed by atoms with E-state index in [1.165, 1.54) is 60.8 Å². The van der Waals surface area contributed by atoms with Crippen LogP contribution in [0.2, 0.25) is 0 Å². The Morgan fingerprint density at radius 1 is 0.944 bits per heavy atom. The summed E-state index contributed by atoms with van der Waals surface area (Å²) in [6.45, 7) is 0. The summed E-state index contributed by atoms with van der Waals surface area (Å²) in [4.78, 5) is 64.2. The van der Waals surface area contributed by atoms with Crippen molar-refractivity contribution in [2.24, 2.45) is 11.8 Å². The molecular formula is C24H15N5O7. The molecule has 2 aromatic rings. The maximum atomic E-state index is 13.6. The Labute approximate surface area is 202 Å². The van der Waals surface area contributed by atoms with E-state index in [4.69, 9.17) is 0 Å². The van der Waals surface area contributed by atoms with Gasteiger partial charge in [-0.2, -0.15) is 5.26 Å². The Kier molecular flexibility index (Phi) is 5.17. The molecule has 2 saturated heterocycles. The fraction of sp³-hybridized carbons (Fsp3) is 0.167. The van der Waals surface area contributed by atoms with E-state index in [-0.39, 0.29) is 28.2 Å². The van der Waals surface area contributed by atoms with Gasteiger partial charge in [-0.15, -0.1) is 0 Å². The van der Waals surface area contributed by atoms with Gasteiger partial charge in [0.2, 0.25) is 11.8 Å². The molecule has 12 nitrogen and oxygen atoms in total. The second kappa shape index (κ2) is 8.24. The fourth-order valence-corrected chi connectivity index (χ4v) is 5.04. The quantitative estimate of drug-likeness (QED) is 0.267. The molecule has 3 aliphatic rings. The van der Waals surface area contributed by atoms with Gasteiger partial charge in [-0.25, -0.2) is 4.90 Å². The molecule has 0 aliphatic carbocycles. The van der Waals surface area contributed by atoms with Crippen LogP contribution in [0.4, 0.5) is 17.1 Å². The van der Waals surface area contributed by atoms with Crippen LogP contribution in [0.5, 0.6) is 0 Å². The zero-order valence-corrected chi connectivity index (χ0v) is 18.3. The molecule has 3 aliphatic heterocycles. The first-order valence-corrected chi connectivity index (χ1v) is 10.7. The first-order chi connectivity index (χ1) is 17.2. The third-order valence-corrected chi connectivity index (χ3v) is 6.61. The summed E-state index contributed by atoms with van der Waals surface area (Å²) in [5.74, 6) is -4.00. The zero-order chi connectivity index (χ0) is 25.7. The molecule has 0 saturated carbocycles. The van der Waals surface area contributed by atoms with Crippen molar-refractivity contribution in [3.05, 3.63) is 98.2 Å². The van der Waals surface area contributed by atoms with E-state index in [1.807, 2.05) is 6.07 Å². The number of rotatable bonds is 5. The summed E-state index contributed by atoms with van der Waals surface area (Å²) in [5, 5.41) is 31.6. The lowest BCUT2D eigenvalue weighted by molar-refractivity contribution is -0.385. The number of fused-ring (bicyclic) bond motifs is 3. The van der Waals surface area contributed by atoms with Gasteiger partial charge in [0, 0.05) is 36.0 Å². The highest BCUT2D eigenvalue weighted by atomic mass is 16.6. The number of carbonyl (C=O) groups excluding carboxylic acids is 3. The van der Waals surface area contributed by atoms with Crippen LogP contribution in [0.1, 0.15) is 10.4 Å². The summed E-state index contributed by atoms with van der Waals surface area (Å²) in [7, 11) is 0. The first kappa shape index (κ1) is 22.6. The van der Waals surface area contributed by atoms with E-state index in [0.29, 0.717) is 0 Å². The van der Waals surface area contributed by atoms with E-state index in [1.54, 1.807) is 4.90 Å². The highest BCUT2D eigenvalue weighted by Crippen LogP contribution is 2.47. The topological polar surface area (TPSA) is 168 Å². The maximum absolute atomic E-state index is 13.6. The normalized spacial score (nSPS) is 24.1. The molecule has 0 bridgehead atoms. The fourth-order valence-electron chi connectivity index (χ4n) is 5.04. The summed E-state index contributed by atoms with van der Waals surface area (Å²) >= 11 is 0. The molecule has 2 amide bonds. The predicted octanol–water partition coefficient (Wildman–Crippen LogP) is 2.52. The smallest absolute Gasteiger partial charge is 0.270 e. The first-order valence-electron chi connectivity index (χ1n) is 10.7. The van der Waals surface area contributed by atoms with Crippen LogP contribution in [0, 0.1) is 43.4 Å². The lowest BCUT2D eigenvalue weighted by Gasteiger charge is -2.32. The molecule has 178 valence electrons. The number of imide groups is 1. The number of nitro benzene ring substituents is 2. The Balaban J connectivity index is 1.58. The van der Waals surface area contributed by atoms with E-state index < -0.39 is 51.4 Å². The number of benzene rings is 2. The van der Waals surface area contributed by atoms with E-state index >= 15 is 0 Å². The Bertz CT molecular complexity index is 1460. The number of carbonyl (C=O) groups is 3. The number of allylic oxidation sites excluding steroid dienone is 2. The van der Waals surface area contributed by atoms with Crippen molar-refractivity contribution in [3.8, 4) is 6.07 Å². The standard InChI is InChI=1S/C24H15N5O7/c25-12-13-8-9-26-18(10-13)19-20(21(26)22(30)14-2-1-3-17(11-14)29(35)36)24(32)27(23(19)31)15-4-6-16(7-5-15)28(33)34/h1-11,18-21H/t18-,19+,20+,21-/m1/s1.